The fraction of sp³-hybridized carbons (Fsp3) is 0.571. The minimum atomic E-state index is -0.286. The second-order valence-corrected chi connectivity index (χ2v) is 5.03. The van der Waals surface area contributed by atoms with Crippen molar-refractivity contribution in [2.45, 2.75) is 26.4 Å². The Morgan fingerprint density at radius 2 is 2.22 bits per heavy atom. The van der Waals surface area contributed by atoms with Crippen LogP contribution in [0.5, 0.6) is 5.75 Å². The molecule has 1 fully saturated rings. The molecule has 0 aromatic heterocycles. The molecule has 2 unspecified atom stereocenters. The van der Waals surface area contributed by atoms with Crippen molar-refractivity contribution in [2.24, 2.45) is 11.7 Å². The molecule has 2 rings (SSSR count). The first kappa shape index (κ1) is 13.3. The maximum Gasteiger partial charge on any atom is 0.165 e. The van der Waals surface area contributed by atoms with Crippen molar-refractivity contribution in [3.8, 4) is 5.75 Å². The standard InChI is InChI=1S/C14H21FN2O/c1-3-18-14-5-4-11(6-12(14)15)8-17-7-10(2)13(16)9-17/h4-6,10,13H,3,7-9,16H2,1-2H3. The molecular weight excluding hydrogens is 231 g/mol. The predicted octanol–water partition coefficient (Wildman–Crippen LogP) is 2.00. The number of rotatable bonds is 4. The van der Waals surface area contributed by atoms with Gasteiger partial charge < -0.3 is 10.5 Å². The van der Waals surface area contributed by atoms with Crippen LogP contribution in [-0.2, 0) is 6.54 Å². The zero-order chi connectivity index (χ0) is 13.1. The molecule has 18 heavy (non-hydrogen) atoms. The second-order valence-electron chi connectivity index (χ2n) is 5.03. The SMILES string of the molecule is CCOc1ccc(CN2CC(C)C(N)C2)cc1F. The number of hydrogen-bond acceptors (Lipinski definition) is 3. The maximum absolute atomic E-state index is 13.7. The quantitative estimate of drug-likeness (QED) is 0.890. The Morgan fingerprint density at radius 3 is 2.78 bits per heavy atom. The Morgan fingerprint density at radius 1 is 1.44 bits per heavy atom. The first-order valence-electron chi connectivity index (χ1n) is 6.49. The normalized spacial score (nSPS) is 24.4. The lowest BCUT2D eigenvalue weighted by atomic mass is 10.1. The summed E-state index contributed by atoms with van der Waals surface area (Å²) in [6.45, 7) is 7.10. The Labute approximate surface area is 108 Å². The van der Waals surface area contributed by atoms with Crippen LogP contribution in [0.4, 0.5) is 4.39 Å². The molecule has 0 aliphatic carbocycles. The monoisotopic (exact) mass is 252 g/mol. The molecule has 1 heterocycles. The summed E-state index contributed by atoms with van der Waals surface area (Å²) in [7, 11) is 0. The number of likely N-dealkylation sites (tertiary alicyclic amines) is 1. The van der Waals surface area contributed by atoms with Gasteiger partial charge in [0.25, 0.3) is 0 Å². The molecule has 0 amide bonds. The van der Waals surface area contributed by atoms with Gasteiger partial charge in [0.2, 0.25) is 0 Å². The second kappa shape index (κ2) is 5.67. The zero-order valence-corrected chi connectivity index (χ0v) is 11.0. The van der Waals surface area contributed by atoms with Gasteiger partial charge in [-0.1, -0.05) is 13.0 Å². The summed E-state index contributed by atoms with van der Waals surface area (Å²) < 4.78 is 18.9. The van der Waals surface area contributed by atoms with Crippen molar-refractivity contribution in [2.75, 3.05) is 19.7 Å². The molecule has 2 N–H and O–H groups in total. The van der Waals surface area contributed by atoms with Gasteiger partial charge >= 0.3 is 0 Å². The highest BCUT2D eigenvalue weighted by Gasteiger charge is 2.26. The number of nitrogens with zero attached hydrogens (tertiary/aromatic N) is 1. The maximum atomic E-state index is 13.7. The molecule has 3 nitrogen and oxygen atoms in total. The van der Waals surface area contributed by atoms with Crippen molar-refractivity contribution in [1.29, 1.82) is 0 Å². The largest absolute Gasteiger partial charge is 0.491 e. The fourth-order valence-corrected chi connectivity index (χ4v) is 2.40. The van der Waals surface area contributed by atoms with Crippen LogP contribution < -0.4 is 10.5 Å². The molecule has 0 saturated carbocycles. The van der Waals surface area contributed by atoms with Crippen LogP contribution in [0, 0.1) is 11.7 Å². The summed E-state index contributed by atoms with van der Waals surface area (Å²) in [5.41, 5.74) is 6.95. The van der Waals surface area contributed by atoms with Crippen LogP contribution in [0.1, 0.15) is 19.4 Å². The van der Waals surface area contributed by atoms with Gasteiger partial charge in [-0.15, -0.1) is 0 Å². The van der Waals surface area contributed by atoms with E-state index in [1.165, 1.54) is 0 Å². The third kappa shape index (κ3) is 3.00. The summed E-state index contributed by atoms with van der Waals surface area (Å²) in [5, 5.41) is 0. The van der Waals surface area contributed by atoms with Crippen LogP contribution in [0.3, 0.4) is 0 Å². The Kier molecular flexibility index (Phi) is 4.19. The topological polar surface area (TPSA) is 38.5 Å². The molecular formula is C14H21FN2O. The van der Waals surface area contributed by atoms with E-state index in [0.29, 0.717) is 18.3 Å². The van der Waals surface area contributed by atoms with Gasteiger partial charge in [0.15, 0.2) is 11.6 Å². The molecule has 1 aromatic carbocycles. The predicted molar refractivity (Wildman–Crippen MR) is 70.0 cm³/mol. The first-order chi connectivity index (χ1) is 8.60. The smallest absolute Gasteiger partial charge is 0.165 e. The number of nitrogens with two attached hydrogens (primary N) is 1. The van der Waals surface area contributed by atoms with Gasteiger partial charge in [-0.3, -0.25) is 4.90 Å². The zero-order valence-electron chi connectivity index (χ0n) is 11.0. The number of benzene rings is 1. The van der Waals surface area contributed by atoms with E-state index < -0.39 is 0 Å². The van der Waals surface area contributed by atoms with E-state index >= 15 is 0 Å². The van der Waals surface area contributed by atoms with E-state index in [0.717, 1.165) is 25.2 Å². The summed E-state index contributed by atoms with van der Waals surface area (Å²) in [4.78, 5) is 2.27. The molecule has 0 bridgehead atoms. The van der Waals surface area contributed by atoms with E-state index in [1.54, 1.807) is 12.1 Å². The summed E-state index contributed by atoms with van der Waals surface area (Å²) in [5.74, 6) is 0.552. The lowest BCUT2D eigenvalue weighted by Crippen LogP contribution is -2.28. The van der Waals surface area contributed by atoms with Gasteiger partial charge in [-0.05, 0) is 30.5 Å². The van der Waals surface area contributed by atoms with E-state index in [1.807, 2.05) is 13.0 Å². The highest BCUT2D eigenvalue weighted by Crippen LogP contribution is 2.21. The molecule has 1 aromatic rings. The Hall–Kier alpha value is -1.13. The van der Waals surface area contributed by atoms with Crippen molar-refractivity contribution >= 4 is 0 Å². The van der Waals surface area contributed by atoms with E-state index in [9.17, 15) is 4.39 Å². The Bertz CT molecular complexity index is 401. The number of ether oxygens (including phenoxy) is 1. The first-order valence-corrected chi connectivity index (χ1v) is 6.49. The average Bonchev–Trinajstić information content (AvgIpc) is 2.62. The van der Waals surface area contributed by atoms with Crippen LogP contribution in [0.15, 0.2) is 18.2 Å². The van der Waals surface area contributed by atoms with Crippen molar-refractivity contribution in [3.05, 3.63) is 29.6 Å². The summed E-state index contributed by atoms with van der Waals surface area (Å²) in [6, 6.07) is 5.41. The molecule has 1 aliphatic heterocycles. The summed E-state index contributed by atoms with van der Waals surface area (Å²) in [6.07, 6.45) is 0. The van der Waals surface area contributed by atoms with Gasteiger partial charge in [0.05, 0.1) is 6.61 Å². The average molecular weight is 252 g/mol. The van der Waals surface area contributed by atoms with E-state index in [4.69, 9.17) is 10.5 Å². The van der Waals surface area contributed by atoms with E-state index in [2.05, 4.69) is 11.8 Å². The molecule has 2 atom stereocenters. The van der Waals surface area contributed by atoms with Gasteiger partial charge in [0, 0.05) is 25.7 Å². The van der Waals surface area contributed by atoms with Crippen LogP contribution in [0.25, 0.3) is 0 Å². The van der Waals surface area contributed by atoms with E-state index in [-0.39, 0.29) is 11.9 Å². The number of halogens is 1. The van der Waals surface area contributed by atoms with Crippen molar-refractivity contribution in [3.63, 3.8) is 0 Å². The third-order valence-corrected chi connectivity index (χ3v) is 3.45. The molecule has 4 heteroatoms. The summed E-state index contributed by atoms with van der Waals surface area (Å²) >= 11 is 0. The molecule has 1 saturated heterocycles. The minimum absolute atomic E-state index is 0.234. The highest BCUT2D eigenvalue weighted by molar-refractivity contribution is 5.29. The van der Waals surface area contributed by atoms with Gasteiger partial charge in [0.1, 0.15) is 0 Å². The number of hydrogen-bond donors (Lipinski definition) is 1. The van der Waals surface area contributed by atoms with Gasteiger partial charge in [-0.25, -0.2) is 4.39 Å². The molecule has 0 spiro atoms. The minimum Gasteiger partial charge on any atom is -0.491 e. The van der Waals surface area contributed by atoms with Crippen LogP contribution in [0.2, 0.25) is 0 Å². The third-order valence-electron chi connectivity index (χ3n) is 3.45. The molecule has 0 radical (unpaired) electrons. The molecule has 1 aliphatic rings. The van der Waals surface area contributed by atoms with Crippen molar-refractivity contribution in [1.82, 2.24) is 4.90 Å². The van der Waals surface area contributed by atoms with Crippen LogP contribution >= 0.6 is 0 Å². The Balaban J connectivity index is 2.00. The lowest BCUT2D eigenvalue weighted by Gasteiger charge is -2.15. The fourth-order valence-electron chi connectivity index (χ4n) is 2.40. The lowest BCUT2D eigenvalue weighted by molar-refractivity contribution is 0.312. The molecule has 100 valence electrons. The van der Waals surface area contributed by atoms with Crippen molar-refractivity contribution < 1.29 is 9.13 Å². The van der Waals surface area contributed by atoms with Gasteiger partial charge in [-0.2, -0.15) is 0 Å². The highest BCUT2D eigenvalue weighted by atomic mass is 19.1. The van der Waals surface area contributed by atoms with Crippen LogP contribution in [-0.4, -0.2) is 30.6 Å².